The van der Waals surface area contributed by atoms with Crippen LogP contribution in [0, 0.1) is 0 Å². The molecular formula is C23H24FN9O12P2. The van der Waals surface area contributed by atoms with E-state index in [0.717, 1.165) is 17.2 Å². The first-order chi connectivity index (χ1) is 22.4. The SMILES string of the molecule is Nc1ncnc2c1ncn2[C@@H]1O[C@@H]2COP(=O)(O)O[C@@H]3[C@H](O)[C@@H](COP(=O)(O)O[C@H]2[C@H]1F)O[C@H]3n1cnc2c1-n1ccnc1CC2=O. The number of anilines is 1. The third-order valence-corrected chi connectivity index (χ3v) is 10.1. The molecule has 5 N–H and O–H groups in total. The van der Waals surface area contributed by atoms with Crippen molar-refractivity contribution in [2.75, 3.05) is 18.9 Å². The van der Waals surface area contributed by atoms with Gasteiger partial charge in [0.25, 0.3) is 0 Å². The molecule has 47 heavy (non-hydrogen) atoms. The number of Topliss-reactive ketones (excluding diaryl/α,β-unsaturated/α-hetero) is 1. The zero-order valence-corrected chi connectivity index (χ0v) is 25.4. The first-order valence-electron chi connectivity index (χ1n) is 13.9. The number of alkyl halides is 1. The quantitative estimate of drug-likeness (QED) is 0.196. The van der Waals surface area contributed by atoms with E-state index in [1.165, 1.54) is 17.1 Å². The number of aliphatic hydroxyl groups is 1. The summed E-state index contributed by atoms with van der Waals surface area (Å²) in [5, 5.41) is 11.1. The van der Waals surface area contributed by atoms with Crippen LogP contribution in [-0.4, -0.2) is 109 Å². The molecule has 10 atom stereocenters. The lowest BCUT2D eigenvalue weighted by molar-refractivity contribution is -0.0680. The van der Waals surface area contributed by atoms with Gasteiger partial charge in [0.15, 0.2) is 41.7 Å². The molecule has 0 amide bonds. The summed E-state index contributed by atoms with van der Waals surface area (Å²) in [6, 6.07) is 0. The molecular weight excluding hydrogens is 675 g/mol. The molecule has 0 radical (unpaired) electrons. The number of phosphoric acid groups is 2. The molecule has 2 unspecified atom stereocenters. The Labute approximate surface area is 261 Å². The summed E-state index contributed by atoms with van der Waals surface area (Å²) in [6.07, 6.45) is -7.14. The Bertz CT molecular complexity index is 1990. The number of halogens is 1. The fourth-order valence-corrected chi connectivity index (χ4v) is 7.88. The van der Waals surface area contributed by atoms with Crippen LogP contribution in [0.5, 0.6) is 0 Å². The number of ether oxygens (including phenoxy) is 2. The first kappa shape index (κ1) is 30.8. The number of carbonyl (C=O) groups excluding carboxylic acids is 1. The predicted octanol–water partition coefficient (Wildman–Crippen LogP) is -0.259. The van der Waals surface area contributed by atoms with Crippen molar-refractivity contribution in [3.8, 4) is 5.82 Å². The highest BCUT2D eigenvalue weighted by atomic mass is 31.2. The molecule has 8 heterocycles. The summed E-state index contributed by atoms with van der Waals surface area (Å²) in [5.74, 6) is 0.196. The van der Waals surface area contributed by atoms with Gasteiger partial charge in [0.2, 0.25) is 0 Å². The van der Waals surface area contributed by atoms with Crippen LogP contribution < -0.4 is 5.73 Å². The molecule has 8 rings (SSSR count). The summed E-state index contributed by atoms with van der Waals surface area (Å²) in [5.41, 5.74) is 6.06. The molecule has 3 fully saturated rings. The molecule has 0 spiro atoms. The van der Waals surface area contributed by atoms with E-state index in [-0.39, 0.29) is 40.7 Å². The van der Waals surface area contributed by atoms with Gasteiger partial charge in [-0.05, 0) is 0 Å². The Morgan fingerprint density at radius 1 is 0.915 bits per heavy atom. The van der Waals surface area contributed by atoms with Gasteiger partial charge in [0, 0.05) is 12.4 Å². The Kier molecular flexibility index (Phi) is 7.21. The minimum Gasteiger partial charge on any atom is -0.387 e. The van der Waals surface area contributed by atoms with E-state index in [1.54, 1.807) is 10.8 Å². The number of imidazole rings is 3. The van der Waals surface area contributed by atoms with E-state index < -0.39 is 78.0 Å². The first-order valence-corrected chi connectivity index (χ1v) is 16.9. The summed E-state index contributed by atoms with van der Waals surface area (Å²) < 4.78 is 78.8. The highest BCUT2D eigenvalue weighted by Gasteiger charge is 2.54. The van der Waals surface area contributed by atoms with Crippen molar-refractivity contribution in [3.05, 3.63) is 42.9 Å². The van der Waals surface area contributed by atoms with Crippen LogP contribution in [0.15, 0.2) is 31.4 Å². The topological polar surface area (TPSA) is 273 Å². The normalized spacial score (nSPS) is 37.5. The number of phosphoric ester groups is 2. The fraction of sp³-hybridized carbons (Fsp3) is 0.478. The molecule has 0 aliphatic carbocycles. The van der Waals surface area contributed by atoms with Crippen molar-refractivity contribution in [2.45, 2.75) is 55.6 Å². The number of nitrogens with zero attached hydrogens (tertiary/aromatic N) is 8. The molecule has 4 aliphatic rings. The number of fused-ring (bicyclic) bond motifs is 7. The second-order valence-electron chi connectivity index (χ2n) is 11.0. The second kappa shape index (κ2) is 11.0. The third kappa shape index (κ3) is 5.13. The smallest absolute Gasteiger partial charge is 0.387 e. The van der Waals surface area contributed by atoms with Crippen LogP contribution in [0.3, 0.4) is 0 Å². The number of aliphatic hydroxyl groups excluding tert-OH is 1. The fourth-order valence-electron chi connectivity index (χ4n) is 5.99. The van der Waals surface area contributed by atoms with Crippen LogP contribution >= 0.6 is 15.6 Å². The van der Waals surface area contributed by atoms with Gasteiger partial charge in [-0.1, -0.05) is 0 Å². The Hall–Kier alpha value is -3.53. The van der Waals surface area contributed by atoms with Crippen molar-refractivity contribution in [1.82, 2.24) is 38.6 Å². The zero-order chi connectivity index (χ0) is 32.8. The maximum atomic E-state index is 15.9. The highest BCUT2D eigenvalue weighted by molar-refractivity contribution is 7.47. The van der Waals surface area contributed by atoms with Gasteiger partial charge in [0.05, 0.1) is 32.3 Å². The molecule has 4 aromatic rings. The van der Waals surface area contributed by atoms with Crippen LogP contribution in [0.2, 0.25) is 0 Å². The summed E-state index contributed by atoms with van der Waals surface area (Å²) in [7, 11) is -10.3. The predicted molar refractivity (Wildman–Crippen MR) is 147 cm³/mol. The number of carbonyl (C=O) groups is 1. The van der Waals surface area contributed by atoms with Crippen LogP contribution in [0.4, 0.5) is 10.2 Å². The van der Waals surface area contributed by atoms with Gasteiger partial charge < -0.3 is 30.1 Å². The monoisotopic (exact) mass is 699 g/mol. The van der Waals surface area contributed by atoms with Crippen molar-refractivity contribution < 1.29 is 60.8 Å². The number of rotatable bonds is 2. The van der Waals surface area contributed by atoms with Gasteiger partial charge >= 0.3 is 15.6 Å². The summed E-state index contributed by atoms with van der Waals surface area (Å²) in [4.78, 5) is 54.4. The third-order valence-electron chi connectivity index (χ3n) is 8.12. The molecule has 250 valence electrons. The van der Waals surface area contributed by atoms with Crippen molar-refractivity contribution >= 4 is 38.4 Å². The Balaban J connectivity index is 1.11. The van der Waals surface area contributed by atoms with Gasteiger partial charge in [-0.25, -0.2) is 38.4 Å². The largest absolute Gasteiger partial charge is 0.472 e. The van der Waals surface area contributed by atoms with Crippen molar-refractivity contribution in [1.29, 1.82) is 0 Å². The van der Waals surface area contributed by atoms with E-state index in [0.29, 0.717) is 5.82 Å². The molecule has 21 nitrogen and oxygen atoms in total. The number of hydrogen-bond donors (Lipinski definition) is 4. The molecule has 4 aliphatic heterocycles. The molecule has 24 heteroatoms. The lowest BCUT2D eigenvalue weighted by atomic mass is 10.1. The summed E-state index contributed by atoms with van der Waals surface area (Å²) in [6.45, 7) is -1.72. The standard InChI is InChI=1S/C23H24FN9O12P2/c24-13-17-11(43-22(13)32-7-30-15-19(25)27-6-28-20(15)32)5-41-47(38,39)45-18-16(35)10(4-40-46(36,37)44-17)42-23(18)33-8-29-14-9(34)3-12-26-1-2-31(12)21(14)33/h1-2,6-8,10-11,13,16-18,22-23,35H,3-5H2,(H,36,37)(H,38,39)(H2,25,27,28)/t10-,11-,13-,16-,17-,18-,22-,23-/m1/s1. The van der Waals surface area contributed by atoms with Crippen molar-refractivity contribution in [3.63, 3.8) is 0 Å². The number of hydrogen-bond acceptors (Lipinski definition) is 16. The molecule has 0 saturated carbocycles. The van der Waals surface area contributed by atoms with E-state index in [1.807, 2.05) is 0 Å². The summed E-state index contributed by atoms with van der Waals surface area (Å²) >= 11 is 0. The Morgan fingerprint density at radius 2 is 1.62 bits per heavy atom. The number of aromatic nitrogens is 8. The van der Waals surface area contributed by atoms with Gasteiger partial charge in [-0.3, -0.25) is 36.6 Å². The highest BCUT2D eigenvalue weighted by Crippen LogP contribution is 2.54. The number of ketones is 1. The van der Waals surface area contributed by atoms with E-state index in [9.17, 15) is 28.8 Å². The van der Waals surface area contributed by atoms with Crippen LogP contribution in [-0.2, 0) is 43.1 Å². The van der Waals surface area contributed by atoms with Gasteiger partial charge in [0.1, 0.15) is 53.9 Å². The van der Waals surface area contributed by atoms with E-state index in [4.69, 9.17) is 33.3 Å². The minimum absolute atomic E-state index is 0.00142. The zero-order valence-electron chi connectivity index (χ0n) is 23.6. The molecule has 2 bridgehead atoms. The molecule has 4 aromatic heterocycles. The number of nitrogens with two attached hydrogens (primary N) is 1. The maximum absolute atomic E-state index is 15.9. The van der Waals surface area contributed by atoms with E-state index in [2.05, 4.69) is 24.9 Å². The van der Waals surface area contributed by atoms with Crippen molar-refractivity contribution in [2.24, 2.45) is 0 Å². The lowest BCUT2D eigenvalue weighted by Gasteiger charge is -2.27. The molecule has 3 saturated heterocycles. The van der Waals surface area contributed by atoms with Gasteiger partial charge in [-0.2, -0.15) is 0 Å². The van der Waals surface area contributed by atoms with Crippen LogP contribution in [0.25, 0.3) is 17.0 Å². The second-order valence-corrected chi connectivity index (χ2v) is 13.8. The lowest BCUT2D eigenvalue weighted by Crippen LogP contribution is -2.36. The van der Waals surface area contributed by atoms with E-state index >= 15 is 4.39 Å². The average Bonchev–Trinajstić information content (AvgIpc) is 3.84. The van der Waals surface area contributed by atoms with Gasteiger partial charge in [-0.15, -0.1) is 0 Å². The number of nitrogen functional groups attached to an aromatic ring is 1. The minimum atomic E-state index is -5.14. The molecule has 0 aromatic carbocycles. The van der Waals surface area contributed by atoms with Crippen LogP contribution in [0.1, 0.15) is 28.8 Å². The average molecular weight is 699 g/mol. The Morgan fingerprint density at radius 3 is 2.40 bits per heavy atom. The maximum Gasteiger partial charge on any atom is 0.472 e.